The topological polar surface area (TPSA) is 74.7 Å². The molecular formula is C12H19NO4S. The molecule has 0 aliphatic carbocycles. The number of thioether (sulfide) groups is 1. The minimum absolute atomic E-state index is 0.00515. The van der Waals surface area contributed by atoms with Gasteiger partial charge in [-0.25, -0.2) is 0 Å². The Hall–Kier alpha value is -1.04. The Morgan fingerprint density at radius 1 is 1.56 bits per heavy atom. The molecule has 1 heterocycles. The molecular weight excluding hydrogens is 254 g/mol. The summed E-state index contributed by atoms with van der Waals surface area (Å²) in [4.78, 5) is 35.1. The van der Waals surface area contributed by atoms with Gasteiger partial charge in [-0.3, -0.25) is 14.4 Å². The molecule has 1 aliphatic rings. The molecule has 18 heavy (non-hydrogen) atoms. The quantitative estimate of drug-likeness (QED) is 0.791. The third-order valence-corrected chi connectivity index (χ3v) is 4.13. The highest BCUT2D eigenvalue weighted by Gasteiger charge is 2.34. The molecule has 1 fully saturated rings. The molecule has 0 aromatic heterocycles. The minimum atomic E-state index is -0.879. The number of hydrogen-bond acceptors (Lipinski definition) is 4. The van der Waals surface area contributed by atoms with Gasteiger partial charge in [0.15, 0.2) is 5.12 Å². The molecule has 0 aromatic carbocycles. The van der Waals surface area contributed by atoms with E-state index in [0.29, 0.717) is 25.1 Å². The zero-order chi connectivity index (χ0) is 13.7. The zero-order valence-corrected chi connectivity index (χ0v) is 11.5. The smallest absolute Gasteiger partial charge is 0.305 e. The molecule has 6 heteroatoms. The summed E-state index contributed by atoms with van der Waals surface area (Å²) >= 11 is 1.23. The SMILES string of the molecule is CCC(CC(=O)O)N1CC(CSC(C)=O)CC1=O. The van der Waals surface area contributed by atoms with Crippen LogP contribution >= 0.6 is 11.8 Å². The monoisotopic (exact) mass is 273 g/mol. The Balaban J connectivity index is 2.54. The first-order valence-electron chi connectivity index (χ1n) is 6.08. The highest BCUT2D eigenvalue weighted by molar-refractivity contribution is 8.13. The van der Waals surface area contributed by atoms with Crippen molar-refractivity contribution >= 4 is 28.8 Å². The lowest BCUT2D eigenvalue weighted by Gasteiger charge is -2.25. The number of carbonyl (C=O) groups is 3. The maximum Gasteiger partial charge on any atom is 0.305 e. The van der Waals surface area contributed by atoms with Crippen LogP contribution in [0, 0.1) is 5.92 Å². The third-order valence-electron chi connectivity index (χ3n) is 3.08. The van der Waals surface area contributed by atoms with Gasteiger partial charge >= 0.3 is 5.97 Å². The summed E-state index contributed by atoms with van der Waals surface area (Å²) in [5.41, 5.74) is 0. The van der Waals surface area contributed by atoms with Crippen LogP contribution in [0.1, 0.15) is 33.1 Å². The zero-order valence-electron chi connectivity index (χ0n) is 10.7. The summed E-state index contributed by atoms with van der Waals surface area (Å²) in [7, 11) is 0. The van der Waals surface area contributed by atoms with Gasteiger partial charge in [-0.1, -0.05) is 18.7 Å². The fourth-order valence-corrected chi connectivity index (χ4v) is 2.88. The van der Waals surface area contributed by atoms with Crippen LogP contribution < -0.4 is 0 Å². The molecule has 1 N–H and O–H groups in total. The summed E-state index contributed by atoms with van der Waals surface area (Å²) in [6.07, 6.45) is 1.07. The van der Waals surface area contributed by atoms with Crippen molar-refractivity contribution in [3.05, 3.63) is 0 Å². The van der Waals surface area contributed by atoms with Crippen LogP contribution in [-0.4, -0.2) is 45.3 Å². The van der Waals surface area contributed by atoms with Gasteiger partial charge in [-0.2, -0.15) is 0 Å². The van der Waals surface area contributed by atoms with Gasteiger partial charge in [-0.15, -0.1) is 0 Å². The Bertz CT molecular complexity index is 345. The highest BCUT2D eigenvalue weighted by atomic mass is 32.2. The van der Waals surface area contributed by atoms with Crippen molar-refractivity contribution in [2.75, 3.05) is 12.3 Å². The van der Waals surface area contributed by atoms with Gasteiger partial charge < -0.3 is 10.0 Å². The molecule has 5 nitrogen and oxygen atoms in total. The number of amides is 1. The van der Waals surface area contributed by atoms with Crippen LogP contribution in [0.5, 0.6) is 0 Å². The van der Waals surface area contributed by atoms with Crippen molar-refractivity contribution in [3.63, 3.8) is 0 Å². The number of nitrogens with zero attached hydrogens (tertiary/aromatic N) is 1. The van der Waals surface area contributed by atoms with Crippen molar-refractivity contribution < 1.29 is 19.5 Å². The van der Waals surface area contributed by atoms with Gasteiger partial charge in [-0.05, 0) is 12.3 Å². The fourth-order valence-electron chi connectivity index (χ4n) is 2.18. The van der Waals surface area contributed by atoms with E-state index in [2.05, 4.69) is 0 Å². The third kappa shape index (κ3) is 4.33. The van der Waals surface area contributed by atoms with E-state index < -0.39 is 5.97 Å². The predicted octanol–water partition coefficient (Wildman–Crippen LogP) is 1.37. The first-order chi connectivity index (χ1) is 8.43. The van der Waals surface area contributed by atoms with E-state index in [1.165, 1.54) is 18.7 Å². The van der Waals surface area contributed by atoms with E-state index in [4.69, 9.17) is 5.11 Å². The van der Waals surface area contributed by atoms with Gasteiger partial charge in [0.2, 0.25) is 5.91 Å². The number of rotatable bonds is 6. The molecule has 2 atom stereocenters. The van der Waals surface area contributed by atoms with E-state index in [-0.39, 0.29) is 29.4 Å². The van der Waals surface area contributed by atoms with Crippen molar-refractivity contribution in [1.82, 2.24) is 4.90 Å². The normalized spacial score (nSPS) is 21.1. The van der Waals surface area contributed by atoms with E-state index >= 15 is 0 Å². The molecule has 102 valence electrons. The number of aliphatic carboxylic acids is 1. The van der Waals surface area contributed by atoms with Crippen LogP contribution in [0.3, 0.4) is 0 Å². The highest BCUT2D eigenvalue weighted by Crippen LogP contribution is 2.25. The summed E-state index contributed by atoms with van der Waals surface area (Å²) in [5, 5.41) is 8.87. The van der Waals surface area contributed by atoms with Gasteiger partial charge in [0.1, 0.15) is 0 Å². The maximum absolute atomic E-state index is 11.9. The molecule has 1 amide bonds. The second kappa shape index (κ2) is 6.78. The average Bonchev–Trinajstić information content (AvgIpc) is 2.64. The summed E-state index contributed by atoms with van der Waals surface area (Å²) in [6, 6.07) is -0.220. The summed E-state index contributed by atoms with van der Waals surface area (Å²) in [5.74, 6) is -0.0659. The second-order valence-electron chi connectivity index (χ2n) is 4.58. The van der Waals surface area contributed by atoms with E-state index in [1.54, 1.807) is 4.90 Å². The molecule has 0 saturated carbocycles. The predicted molar refractivity (Wildman–Crippen MR) is 69.3 cm³/mol. The second-order valence-corrected chi connectivity index (χ2v) is 5.78. The fraction of sp³-hybridized carbons (Fsp3) is 0.750. The van der Waals surface area contributed by atoms with Gasteiger partial charge in [0.05, 0.1) is 6.42 Å². The lowest BCUT2D eigenvalue weighted by Crippen LogP contribution is -2.37. The largest absolute Gasteiger partial charge is 0.481 e. The Morgan fingerprint density at radius 3 is 2.72 bits per heavy atom. The van der Waals surface area contributed by atoms with E-state index in [9.17, 15) is 14.4 Å². The van der Waals surface area contributed by atoms with Crippen molar-refractivity contribution in [3.8, 4) is 0 Å². The van der Waals surface area contributed by atoms with E-state index in [0.717, 1.165) is 0 Å². The van der Waals surface area contributed by atoms with Crippen LogP contribution in [0.2, 0.25) is 0 Å². The van der Waals surface area contributed by atoms with Crippen molar-refractivity contribution in [1.29, 1.82) is 0 Å². The maximum atomic E-state index is 11.9. The molecule has 0 spiro atoms. The Labute approximate surface area is 111 Å². The number of carbonyl (C=O) groups excluding carboxylic acids is 2. The minimum Gasteiger partial charge on any atom is -0.481 e. The van der Waals surface area contributed by atoms with Crippen molar-refractivity contribution in [2.45, 2.75) is 39.2 Å². The number of carboxylic acids is 1. The number of hydrogen-bond donors (Lipinski definition) is 1. The lowest BCUT2D eigenvalue weighted by molar-refractivity contribution is -0.139. The Kier molecular flexibility index (Phi) is 5.65. The number of likely N-dealkylation sites (tertiary alicyclic amines) is 1. The Morgan fingerprint density at radius 2 is 2.22 bits per heavy atom. The molecule has 0 bridgehead atoms. The van der Waals surface area contributed by atoms with Crippen LogP contribution in [0.25, 0.3) is 0 Å². The van der Waals surface area contributed by atoms with Crippen LogP contribution in [-0.2, 0) is 14.4 Å². The first kappa shape index (κ1) is 15.0. The molecule has 2 unspecified atom stereocenters. The molecule has 1 aliphatic heterocycles. The summed E-state index contributed by atoms with van der Waals surface area (Å²) < 4.78 is 0. The molecule has 1 saturated heterocycles. The molecule has 0 radical (unpaired) electrons. The molecule has 0 aromatic rings. The first-order valence-corrected chi connectivity index (χ1v) is 7.07. The number of carboxylic acid groups (broad SMARTS) is 1. The van der Waals surface area contributed by atoms with Crippen LogP contribution in [0.15, 0.2) is 0 Å². The van der Waals surface area contributed by atoms with Crippen molar-refractivity contribution in [2.24, 2.45) is 5.92 Å². The van der Waals surface area contributed by atoms with Crippen LogP contribution in [0.4, 0.5) is 0 Å². The van der Waals surface area contributed by atoms with Gasteiger partial charge in [0, 0.05) is 31.7 Å². The lowest BCUT2D eigenvalue weighted by atomic mass is 10.1. The standard InChI is InChI=1S/C12H19NO4S/c1-3-10(5-12(16)17)13-6-9(4-11(13)15)7-18-8(2)14/h9-10H,3-7H2,1-2H3,(H,16,17). The van der Waals surface area contributed by atoms with Gasteiger partial charge in [0.25, 0.3) is 0 Å². The average molecular weight is 273 g/mol. The molecule has 1 rings (SSSR count). The van der Waals surface area contributed by atoms with E-state index in [1.807, 2.05) is 6.92 Å². The summed E-state index contributed by atoms with van der Waals surface area (Å²) in [6.45, 7) is 3.97.